The molecule has 1 aromatic rings. The zero-order valence-corrected chi connectivity index (χ0v) is 12.5. The molecular weight excluding hydrogens is 244 g/mol. The second-order valence-corrected chi connectivity index (χ2v) is 6.81. The third-order valence-corrected chi connectivity index (χ3v) is 4.85. The zero-order valence-electron chi connectivity index (χ0n) is 11.7. The Kier molecular flexibility index (Phi) is 4.41. The molecule has 0 saturated carbocycles. The van der Waals surface area contributed by atoms with Crippen LogP contribution < -0.4 is 5.73 Å². The SMILES string of the molecule is CC(C)Cc1nc(C2(C)CCCCO2)sc1CN. The fraction of sp³-hybridized carbons (Fsp3) is 0.786. The van der Waals surface area contributed by atoms with Crippen molar-refractivity contribution in [1.29, 1.82) is 0 Å². The van der Waals surface area contributed by atoms with Crippen molar-refractivity contribution >= 4 is 11.3 Å². The molecule has 1 aliphatic heterocycles. The van der Waals surface area contributed by atoms with Gasteiger partial charge in [-0.2, -0.15) is 0 Å². The largest absolute Gasteiger partial charge is 0.368 e. The van der Waals surface area contributed by atoms with E-state index in [1.54, 1.807) is 11.3 Å². The lowest BCUT2D eigenvalue weighted by molar-refractivity contribution is -0.0702. The summed E-state index contributed by atoms with van der Waals surface area (Å²) in [6.07, 6.45) is 4.49. The first kappa shape index (κ1) is 14.0. The molecule has 18 heavy (non-hydrogen) atoms. The monoisotopic (exact) mass is 268 g/mol. The second-order valence-electron chi connectivity index (χ2n) is 5.73. The smallest absolute Gasteiger partial charge is 0.125 e. The average molecular weight is 268 g/mol. The minimum Gasteiger partial charge on any atom is -0.368 e. The summed E-state index contributed by atoms with van der Waals surface area (Å²) < 4.78 is 5.98. The highest BCUT2D eigenvalue weighted by Gasteiger charge is 2.33. The molecule has 1 aliphatic rings. The van der Waals surface area contributed by atoms with Crippen LogP contribution in [0.2, 0.25) is 0 Å². The summed E-state index contributed by atoms with van der Waals surface area (Å²) in [6, 6.07) is 0. The average Bonchev–Trinajstić information content (AvgIpc) is 2.73. The van der Waals surface area contributed by atoms with E-state index in [0.717, 1.165) is 24.5 Å². The number of nitrogens with two attached hydrogens (primary N) is 1. The topological polar surface area (TPSA) is 48.1 Å². The fourth-order valence-electron chi connectivity index (χ4n) is 2.42. The van der Waals surface area contributed by atoms with Gasteiger partial charge in [0.2, 0.25) is 0 Å². The van der Waals surface area contributed by atoms with Gasteiger partial charge < -0.3 is 10.5 Å². The Bertz CT molecular complexity index is 394. The highest BCUT2D eigenvalue weighted by molar-refractivity contribution is 7.11. The zero-order chi connectivity index (χ0) is 13.2. The molecule has 1 saturated heterocycles. The number of nitrogens with zero attached hydrogens (tertiary/aromatic N) is 1. The van der Waals surface area contributed by atoms with Crippen LogP contribution >= 0.6 is 11.3 Å². The Hall–Kier alpha value is -0.450. The quantitative estimate of drug-likeness (QED) is 0.912. The van der Waals surface area contributed by atoms with Gasteiger partial charge in [0.15, 0.2) is 0 Å². The van der Waals surface area contributed by atoms with Gasteiger partial charge in [-0.3, -0.25) is 0 Å². The molecule has 1 unspecified atom stereocenters. The maximum Gasteiger partial charge on any atom is 0.125 e. The van der Waals surface area contributed by atoms with Crippen molar-refractivity contribution in [2.24, 2.45) is 11.7 Å². The van der Waals surface area contributed by atoms with Crippen LogP contribution in [0.25, 0.3) is 0 Å². The van der Waals surface area contributed by atoms with Crippen LogP contribution in [0.1, 0.15) is 55.6 Å². The Labute approximate surface area is 114 Å². The lowest BCUT2D eigenvalue weighted by atomic mass is 9.97. The molecule has 2 N–H and O–H groups in total. The van der Waals surface area contributed by atoms with Gasteiger partial charge in [0.25, 0.3) is 0 Å². The highest BCUT2D eigenvalue weighted by atomic mass is 32.1. The van der Waals surface area contributed by atoms with Crippen molar-refractivity contribution in [1.82, 2.24) is 4.98 Å². The van der Waals surface area contributed by atoms with Gasteiger partial charge in [-0.1, -0.05) is 13.8 Å². The Morgan fingerprint density at radius 2 is 2.22 bits per heavy atom. The van der Waals surface area contributed by atoms with Crippen molar-refractivity contribution in [2.45, 2.75) is 58.6 Å². The van der Waals surface area contributed by atoms with Crippen LogP contribution in [0.4, 0.5) is 0 Å². The van der Waals surface area contributed by atoms with E-state index in [9.17, 15) is 0 Å². The molecule has 0 aliphatic carbocycles. The van der Waals surface area contributed by atoms with E-state index < -0.39 is 0 Å². The van der Waals surface area contributed by atoms with E-state index in [1.807, 2.05) is 0 Å². The van der Waals surface area contributed by atoms with Gasteiger partial charge in [-0.05, 0) is 38.5 Å². The van der Waals surface area contributed by atoms with Crippen LogP contribution in [-0.2, 0) is 23.3 Å². The Morgan fingerprint density at radius 3 is 2.78 bits per heavy atom. The Balaban J connectivity index is 2.25. The maximum atomic E-state index is 5.98. The van der Waals surface area contributed by atoms with Gasteiger partial charge in [0.1, 0.15) is 10.6 Å². The lowest BCUT2D eigenvalue weighted by Gasteiger charge is -2.31. The predicted octanol–water partition coefficient (Wildman–Crippen LogP) is 3.22. The molecule has 0 aromatic carbocycles. The molecule has 0 radical (unpaired) electrons. The molecule has 102 valence electrons. The summed E-state index contributed by atoms with van der Waals surface area (Å²) >= 11 is 1.75. The first-order chi connectivity index (χ1) is 8.55. The van der Waals surface area contributed by atoms with E-state index >= 15 is 0 Å². The number of thiazole rings is 1. The molecule has 2 heterocycles. The second kappa shape index (κ2) is 5.68. The number of aromatic nitrogens is 1. The summed E-state index contributed by atoms with van der Waals surface area (Å²) in [7, 11) is 0. The maximum absolute atomic E-state index is 5.98. The molecule has 4 heteroatoms. The minimum absolute atomic E-state index is 0.179. The van der Waals surface area contributed by atoms with Gasteiger partial charge >= 0.3 is 0 Å². The van der Waals surface area contributed by atoms with Crippen molar-refractivity contribution in [3.63, 3.8) is 0 Å². The molecule has 0 amide bonds. The first-order valence-corrected chi connectivity index (χ1v) is 7.70. The molecule has 0 spiro atoms. The van der Waals surface area contributed by atoms with E-state index in [-0.39, 0.29) is 5.60 Å². The van der Waals surface area contributed by atoms with Crippen LogP contribution in [0.5, 0.6) is 0 Å². The van der Waals surface area contributed by atoms with Crippen molar-refractivity contribution < 1.29 is 4.74 Å². The van der Waals surface area contributed by atoms with Crippen molar-refractivity contribution in [2.75, 3.05) is 6.61 Å². The van der Waals surface area contributed by atoms with Gasteiger partial charge in [0.05, 0.1) is 5.69 Å². The normalized spacial score (nSPS) is 24.7. The van der Waals surface area contributed by atoms with E-state index in [1.165, 1.54) is 23.4 Å². The van der Waals surface area contributed by atoms with Crippen LogP contribution in [0.15, 0.2) is 0 Å². The van der Waals surface area contributed by atoms with Gasteiger partial charge in [0, 0.05) is 18.0 Å². The standard InChI is InChI=1S/C14H24N2OS/c1-10(2)8-11-12(9-15)18-13(16-11)14(3)6-4-5-7-17-14/h10H,4-9,15H2,1-3H3. The highest BCUT2D eigenvalue weighted by Crippen LogP contribution is 2.38. The lowest BCUT2D eigenvalue weighted by Crippen LogP contribution is -2.30. The molecule has 1 aromatic heterocycles. The van der Waals surface area contributed by atoms with E-state index in [2.05, 4.69) is 20.8 Å². The van der Waals surface area contributed by atoms with Gasteiger partial charge in [-0.15, -0.1) is 11.3 Å². The molecular formula is C14H24N2OS. The summed E-state index contributed by atoms with van der Waals surface area (Å²) in [6.45, 7) is 8.06. The molecule has 0 bridgehead atoms. The predicted molar refractivity (Wildman–Crippen MR) is 75.7 cm³/mol. The van der Waals surface area contributed by atoms with E-state index in [0.29, 0.717) is 12.5 Å². The summed E-state index contributed by atoms with van der Waals surface area (Å²) in [5.74, 6) is 0.616. The molecule has 1 atom stereocenters. The minimum atomic E-state index is -0.179. The summed E-state index contributed by atoms with van der Waals surface area (Å²) in [5.41, 5.74) is 6.85. The van der Waals surface area contributed by atoms with Crippen LogP contribution in [0.3, 0.4) is 0 Å². The fourth-order valence-corrected chi connectivity index (χ4v) is 3.51. The van der Waals surface area contributed by atoms with Crippen LogP contribution in [-0.4, -0.2) is 11.6 Å². The third kappa shape index (κ3) is 2.92. The van der Waals surface area contributed by atoms with E-state index in [4.69, 9.17) is 15.5 Å². The first-order valence-electron chi connectivity index (χ1n) is 6.88. The Morgan fingerprint density at radius 1 is 1.44 bits per heavy atom. The number of ether oxygens (including phenoxy) is 1. The third-order valence-electron chi connectivity index (χ3n) is 3.49. The number of hydrogen-bond donors (Lipinski definition) is 1. The molecule has 1 fully saturated rings. The molecule has 2 rings (SSSR count). The van der Waals surface area contributed by atoms with Crippen molar-refractivity contribution in [3.05, 3.63) is 15.6 Å². The van der Waals surface area contributed by atoms with Crippen molar-refractivity contribution in [3.8, 4) is 0 Å². The number of hydrogen-bond acceptors (Lipinski definition) is 4. The number of rotatable bonds is 4. The van der Waals surface area contributed by atoms with Crippen LogP contribution in [0, 0.1) is 5.92 Å². The summed E-state index contributed by atoms with van der Waals surface area (Å²) in [4.78, 5) is 6.06. The summed E-state index contributed by atoms with van der Waals surface area (Å²) in [5, 5.41) is 1.12. The van der Waals surface area contributed by atoms with Gasteiger partial charge in [-0.25, -0.2) is 4.98 Å². The molecule has 3 nitrogen and oxygen atoms in total.